The zero-order chi connectivity index (χ0) is 19.0. The second kappa shape index (κ2) is 6.61. The summed E-state index contributed by atoms with van der Waals surface area (Å²) in [5.41, 5.74) is 4.93. The molecule has 3 heteroatoms. The summed E-state index contributed by atoms with van der Waals surface area (Å²) in [7, 11) is 0. The molecule has 0 spiro atoms. The molecule has 1 heterocycles. The summed E-state index contributed by atoms with van der Waals surface area (Å²) < 4.78 is 5.79. The van der Waals surface area contributed by atoms with Crippen molar-refractivity contribution in [3.8, 4) is 28.2 Å². The predicted molar refractivity (Wildman–Crippen MR) is 110 cm³/mol. The molecule has 27 heavy (non-hydrogen) atoms. The Morgan fingerprint density at radius 1 is 0.852 bits per heavy atom. The fourth-order valence-electron chi connectivity index (χ4n) is 3.09. The molecule has 0 amide bonds. The Kier molecular flexibility index (Phi) is 4.13. The van der Waals surface area contributed by atoms with E-state index in [0.717, 1.165) is 22.3 Å². The molecule has 0 saturated heterocycles. The zero-order valence-corrected chi connectivity index (χ0v) is 14.9. The quantitative estimate of drug-likeness (QED) is 0.501. The molecule has 0 aliphatic heterocycles. The molecule has 0 bridgehead atoms. The Hall–Kier alpha value is -3.59. The van der Waals surface area contributed by atoms with Crippen molar-refractivity contribution in [2.24, 2.45) is 0 Å². The van der Waals surface area contributed by atoms with E-state index < -0.39 is 5.43 Å². The highest BCUT2D eigenvalue weighted by Gasteiger charge is 2.15. The van der Waals surface area contributed by atoms with Gasteiger partial charge in [0.2, 0.25) is 11.2 Å². The third kappa shape index (κ3) is 3.04. The van der Waals surface area contributed by atoms with Crippen LogP contribution >= 0.6 is 0 Å². The third-order valence-electron chi connectivity index (χ3n) is 4.63. The topological polar surface area (TPSA) is 50.4 Å². The van der Waals surface area contributed by atoms with E-state index in [9.17, 15) is 9.90 Å². The van der Waals surface area contributed by atoms with Gasteiger partial charge in [-0.1, -0.05) is 72.8 Å². The van der Waals surface area contributed by atoms with E-state index in [4.69, 9.17) is 4.42 Å². The van der Waals surface area contributed by atoms with Gasteiger partial charge in [-0.2, -0.15) is 0 Å². The average molecular weight is 354 g/mol. The van der Waals surface area contributed by atoms with Crippen molar-refractivity contribution in [1.29, 1.82) is 0 Å². The molecule has 0 fully saturated rings. The maximum atomic E-state index is 12.4. The maximum absolute atomic E-state index is 12.4. The van der Waals surface area contributed by atoms with Crippen LogP contribution in [0.2, 0.25) is 0 Å². The van der Waals surface area contributed by atoms with Gasteiger partial charge >= 0.3 is 0 Å². The van der Waals surface area contributed by atoms with E-state index in [-0.39, 0.29) is 11.5 Å². The second-order valence-electron chi connectivity index (χ2n) is 6.54. The summed E-state index contributed by atoms with van der Waals surface area (Å²) in [5, 5.41) is 10.7. The van der Waals surface area contributed by atoms with Crippen molar-refractivity contribution in [2.75, 3.05) is 0 Å². The lowest BCUT2D eigenvalue weighted by Gasteiger charge is -2.08. The van der Waals surface area contributed by atoms with Crippen LogP contribution < -0.4 is 5.43 Å². The Morgan fingerprint density at radius 2 is 1.41 bits per heavy atom. The molecule has 0 aliphatic rings. The molecule has 0 atom stereocenters. The molecule has 3 aromatic carbocycles. The van der Waals surface area contributed by atoms with Crippen molar-refractivity contribution in [3.63, 3.8) is 0 Å². The number of hydrogen-bond donors (Lipinski definition) is 1. The minimum atomic E-state index is -0.425. The fraction of sp³-hybridized carbons (Fsp3) is 0.0417. The van der Waals surface area contributed by atoms with Crippen LogP contribution in [-0.2, 0) is 0 Å². The number of para-hydroxylation sites is 1. The smallest absolute Gasteiger partial charge is 0.235 e. The van der Waals surface area contributed by atoms with Crippen LogP contribution in [0, 0.1) is 0 Å². The highest BCUT2D eigenvalue weighted by Crippen LogP contribution is 2.31. The summed E-state index contributed by atoms with van der Waals surface area (Å²) in [6, 6.07) is 22.7. The largest absolute Gasteiger partial charge is 0.502 e. The van der Waals surface area contributed by atoms with E-state index in [1.807, 2.05) is 55.5 Å². The molecular formula is C24H18O3. The minimum Gasteiger partial charge on any atom is -0.502 e. The summed E-state index contributed by atoms with van der Waals surface area (Å²) >= 11 is 0. The molecule has 0 aliphatic carbocycles. The molecule has 4 rings (SSSR count). The molecule has 132 valence electrons. The standard InChI is InChI=1S/C24H18O3/c1-15(2)16-7-9-17(10-8-16)18-11-13-19(14-12-18)24-23(26)22(25)20-5-3-4-6-21(20)27-24/h3-14,26H,1H2,2H3. The van der Waals surface area contributed by atoms with Crippen molar-refractivity contribution in [3.05, 3.63) is 95.2 Å². The van der Waals surface area contributed by atoms with Crippen LogP contribution in [0.5, 0.6) is 5.75 Å². The first-order valence-electron chi connectivity index (χ1n) is 8.66. The van der Waals surface area contributed by atoms with Crippen LogP contribution in [0.4, 0.5) is 0 Å². The summed E-state index contributed by atoms with van der Waals surface area (Å²) in [5.74, 6) is -0.185. The molecular weight excluding hydrogens is 336 g/mol. The van der Waals surface area contributed by atoms with Crippen LogP contribution in [0.25, 0.3) is 39.0 Å². The van der Waals surface area contributed by atoms with Crippen molar-refractivity contribution >= 4 is 16.5 Å². The van der Waals surface area contributed by atoms with Crippen LogP contribution in [-0.4, -0.2) is 5.11 Å². The Bertz CT molecular complexity index is 1200. The first kappa shape index (κ1) is 16.9. The van der Waals surface area contributed by atoms with Crippen LogP contribution in [0.3, 0.4) is 0 Å². The van der Waals surface area contributed by atoms with Crippen molar-refractivity contribution < 1.29 is 9.52 Å². The normalized spacial score (nSPS) is 10.9. The van der Waals surface area contributed by atoms with Gasteiger partial charge in [0.1, 0.15) is 5.58 Å². The lowest BCUT2D eigenvalue weighted by Crippen LogP contribution is -2.02. The Labute approximate surface area is 156 Å². The Balaban J connectivity index is 1.74. The van der Waals surface area contributed by atoms with E-state index in [1.165, 1.54) is 0 Å². The Morgan fingerprint density at radius 3 is 2.04 bits per heavy atom. The number of allylic oxidation sites excluding steroid dienone is 1. The van der Waals surface area contributed by atoms with Gasteiger partial charge in [-0.25, -0.2) is 0 Å². The third-order valence-corrected chi connectivity index (χ3v) is 4.63. The molecule has 0 saturated carbocycles. The second-order valence-corrected chi connectivity index (χ2v) is 6.54. The van der Waals surface area contributed by atoms with E-state index in [2.05, 4.69) is 6.58 Å². The van der Waals surface area contributed by atoms with E-state index in [1.54, 1.807) is 24.3 Å². The van der Waals surface area contributed by atoms with Gasteiger partial charge in [-0.15, -0.1) is 0 Å². The zero-order valence-electron chi connectivity index (χ0n) is 14.9. The highest BCUT2D eigenvalue weighted by atomic mass is 16.4. The SMILES string of the molecule is C=C(C)c1ccc(-c2ccc(-c3oc4ccccc4c(=O)c3O)cc2)cc1. The van der Waals surface area contributed by atoms with E-state index >= 15 is 0 Å². The molecule has 1 aromatic heterocycles. The monoisotopic (exact) mass is 354 g/mol. The van der Waals surface area contributed by atoms with E-state index in [0.29, 0.717) is 16.5 Å². The number of hydrogen-bond acceptors (Lipinski definition) is 3. The van der Waals surface area contributed by atoms with Gasteiger partial charge in [0, 0.05) is 5.56 Å². The van der Waals surface area contributed by atoms with Gasteiger partial charge in [-0.3, -0.25) is 4.79 Å². The number of fused-ring (bicyclic) bond motifs is 1. The van der Waals surface area contributed by atoms with Gasteiger partial charge in [0.25, 0.3) is 0 Å². The van der Waals surface area contributed by atoms with Crippen LogP contribution in [0.15, 0.2) is 88.6 Å². The van der Waals surface area contributed by atoms with Crippen molar-refractivity contribution in [1.82, 2.24) is 0 Å². The maximum Gasteiger partial charge on any atom is 0.235 e. The molecule has 3 nitrogen and oxygen atoms in total. The number of rotatable bonds is 3. The lowest BCUT2D eigenvalue weighted by atomic mass is 10.00. The molecule has 0 radical (unpaired) electrons. The van der Waals surface area contributed by atoms with Gasteiger partial charge in [-0.05, 0) is 35.7 Å². The predicted octanol–water partition coefficient (Wildman–Crippen LogP) is 5.87. The average Bonchev–Trinajstić information content (AvgIpc) is 2.71. The number of aromatic hydroxyl groups is 1. The van der Waals surface area contributed by atoms with Gasteiger partial charge < -0.3 is 9.52 Å². The van der Waals surface area contributed by atoms with Crippen LogP contribution in [0.1, 0.15) is 12.5 Å². The summed E-state index contributed by atoms with van der Waals surface area (Å²) in [6.45, 7) is 5.93. The summed E-state index contributed by atoms with van der Waals surface area (Å²) in [6.07, 6.45) is 0. The summed E-state index contributed by atoms with van der Waals surface area (Å²) in [4.78, 5) is 12.4. The van der Waals surface area contributed by atoms with Gasteiger partial charge in [0.05, 0.1) is 5.39 Å². The van der Waals surface area contributed by atoms with Gasteiger partial charge in [0.15, 0.2) is 5.76 Å². The minimum absolute atomic E-state index is 0.183. The first-order chi connectivity index (χ1) is 13.0. The number of benzene rings is 3. The lowest BCUT2D eigenvalue weighted by molar-refractivity contribution is 0.449. The fourth-order valence-corrected chi connectivity index (χ4v) is 3.09. The molecule has 4 aromatic rings. The molecule has 1 N–H and O–H groups in total. The first-order valence-corrected chi connectivity index (χ1v) is 8.66. The molecule has 0 unspecified atom stereocenters. The highest BCUT2D eigenvalue weighted by molar-refractivity contribution is 5.82. The van der Waals surface area contributed by atoms with Crippen molar-refractivity contribution in [2.45, 2.75) is 6.92 Å².